The maximum Gasteiger partial charge on any atom is 0.321 e. The van der Waals surface area contributed by atoms with Crippen LogP contribution in [-0.4, -0.2) is 11.9 Å². The van der Waals surface area contributed by atoms with E-state index in [2.05, 4.69) is 34.6 Å². The molecule has 1 rings (SSSR count). The molecule has 0 saturated carbocycles. The molecule has 1 saturated heterocycles. The molecule has 0 spiro atoms. The van der Waals surface area contributed by atoms with Gasteiger partial charge in [-0.3, -0.25) is 9.59 Å². The number of esters is 2. The molecule has 0 aliphatic carbocycles. The monoisotopic (exact) mass is 268 g/mol. The Morgan fingerprint density at radius 3 is 1.74 bits per heavy atom. The average Bonchev–Trinajstić information content (AvgIpc) is 2.36. The Labute approximate surface area is 117 Å². The third kappa shape index (κ3) is 2.70. The Balaban J connectivity index is 3.35. The minimum atomic E-state index is -0.746. The summed E-state index contributed by atoms with van der Waals surface area (Å²) in [5, 5.41) is 0. The molecule has 19 heavy (non-hydrogen) atoms. The number of rotatable bonds is 2. The van der Waals surface area contributed by atoms with Crippen molar-refractivity contribution in [1.82, 2.24) is 0 Å². The zero-order chi connectivity index (χ0) is 15.3. The van der Waals surface area contributed by atoms with Gasteiger partial charge in [-0.1, -0.05) is 55.4 Å². The first-order valence-electron chi connectivity index (χ1n) is 6.98. The minimum absolute atomic E-state index is 0.0909. The topological polar surface area (TPSA) is 43.4 Å². The lowest BCUT2D eigenvalue weighted by molar-refractivity contribution is -0.165. The smallest absolute Gasteiger partial charge is 0.321 e. The summed E-state index contributed by atoms with van der Waals surface area (Å²) in [6.45, 7) is 16.7. The van der Waals surface area contributed by atoms with Crippen molar-refractivity contribution in [1.29, 1.82) is 0 Å². The van der Waals surface area contributed by atoms with E-state index in [0.717, 1.165) is 6.42 Å². The first-order valence-corrected chi connectivity index (χ1v) is 6.98. The van der Waals surface area contributed by atoms with E-state index in [0.29, 0.717) is 0 Å². The maximum atomic E-state index is 12.4. The van der Waals surface area contributed by atoms with Crippen LogP contribution in [0.15, 0.2) is 0 Å². The van der Waals surface area contributed by atoms with Crippen LogP contribution in [-0.2, 0) is 14.3 Å². The summed E-state index contributed by atoms with van der Waals surface area (Å²) in [6, 6.07) is 0. The molecule has 0 amide bonds. The molecule has 0 aromatic heterocycles. The summed E-state index contributed by atoms with van der Waals surface area (Å²) < 4.78 is 4.93. The summed E-state index contributed by atoms with van der Waals surface area (Å²) in [7, 11) is 0. The van der Waals surface area contributed by atoms with Gasteiger partial charge < -0.3 is 4.74 Å². The Morgan fingerprint density at radius 1 is 1.00 bits per heavy atom. The van der Waals surface area contributed by atoms with Gasteiger partial charge in [0.25, 0.3) is 0 Å². The molecule has 0 aromatic rings. The molecule has 1 aliphatic heterocycles. The van der Waals surface area contributed by atoms with E-state index < -0.39 is 5.41 Å². The predicted molar refractivity (Wildman–Crippen MR) is 75.5 cm³/mol. The lowest BCUT2D eigenvalue weighted by Crippen LogP contribution is -2.52. The van der Waals surface area contributed by atoms with Crippen LogP contribution in [0.25, 0.3) is 0 Å². The van der Waals surface area contributed by atoms with Gasteiger partial charge in [0.1, 0.15) is 0 Å². The van der Waals surface area contributed by atoms with Crippen molar-refractivity contribution in [3.8, 4) is 0 Å². The molecule has 1 atom stereocenters. The Bertz CT molecular complexity index is 393. The van der Waals surface area contributed by atoms with E-state index in [9.17, 15) is 9.59 Å². The first-order chi connectivity index (χ1) is 8.23. The number of hydrogen-bond donors (Lipinski definition) is 0. The fourth-order valence-electron chi connectivity index (χ4n) is 4.09. The van der Waals surface area contributed by atoms with Crippen molar-refractivity contribution in [2.45, 2.75) is 68.2 Å². The summed E-state index contributed by atoms with van der Waals surface area (Å²) >= 11 is 0. The molecule has 1 aliphatic rings. The van der Waals surface area contributed by atoms with E-state index in [1.54, 1.807) is 0 Å². The number of hydrogen-bond acceptors (Lipinski definition) is 3. The lowest BCUT2D eigenvalue weighted by Gasteiger charge is -2.51. The second-order valence-corrected chi connectivity index (χ2v) is 8.71. The number of carbonyl (C=O) groups is 2. The van der Waals surface area contributed by atoms with Crippen molar-refractivity contribution in [2.75, 3.05) is 0 Å². The van der Waals surface area contributed by atoms with Gasteiger partial charge in [0.05, 0.1) is 11.8 Å². The van der Waals surface area contributed by atoms with Gasteiger partial charge in [0.2, 0.25) is 0 Å². The number of cyclic esters (lactones) is 2. The third-order valence-electron chi connectivity index (χ3n) is 4.37. The average molecular weight is 268 g/mol. The van der Waals surface area contributed by atoms with E-state index in [4.69, 9.17) is 4.74 Å². The molecule has 1 heterocycles. The van der Waals surface area contributed by atoms with Gasteiger partial charge in [-0.2, -0.15) is 0 Å². The SMILES string of the molecule is CC(C)(C)CC(C)(C)C1(C(C)(C)C)CC(=O)OC1=O. The molecule has 0 bridgehead atoms. The van der Waals surface area contributed by atoms with Crippen molar-refractivity contribution in [2.24, 2.45) is 21.7 Å². The molecule has 0 radical (unpaired) electrons. The molecular weight excluding hydrogens is 240 g/mol. The van der Waals surface area contributed by atoms with E-state index in [1.165, 1.54) is 0 Å². The lowest BCUT2D eigenvalue weighted by atomic mass is 9.50. The van der Waals surface area contributed by atoms with Gasteiger partial charge in [-0.05, 0) is 22.7 Å². The molecule has 110 valence electrons. The molecular formula is C16H28O3. The molecule has 0 aromatic carbocycles. The van der Waals surface area contributed by atoms with Gasteiger partial charge >= 0.3 is 11.9 Å². The van der Waals surface area contributed by atoms with Crippen molar-refractivity contribution in [3.05, 3.63) is 0 Å². The zero-order valence-corrected chi connectivity index (χ0v) is 13.6. The highest BCUT2D eigenvalue weighted by Crippen LogP contribution is 2.60. The fraction of sp³-hybridized carbons (Fsp3) is 0.875. The Hall–Kier alpha value is -0.860. The normalized spacial score (nSPS) is 25.7. The Kier molecular flexibility index (Phi) is 3.68. The van der Waals surface area contributed by atoms with Crippen LogP contribution in [0, 0.1) is 21.7 Å². The highest BCUT2D eigenvalue weighted by atomic mass is 16.6. The van der Waals surface area contributed by atoms with Gasteiger partial charge in [-0.25, -0.2) is 0 Å². The van der Waals surface area contributed by atoms with E-state index >= 15 is 0 Å². The molecule has 3 heteroatoms. The summed E-state index contributed by atoms with van der Waals surface area (Å²) in [4.78, 5) is 24.1. The van der Waals surface area contributed by atoms with Gasteiger partial charge in [0, 0.05) is 0 Å². The van der Waals surface area contributed by atoms with E-state index in [-0.39, 0.29) is 34.6 Å². The predicted octanol–water partition coefficient (Wildman–Crippen LogP) is 3.95. The van der Waals surface area contributed by atoms with Crippen molar-refractivity contribution in [3.63, 3.8) is 0 Å². The van der Waals surface area contributed by atoms with Crippen LogP contribution in [0.1, 0.15) is 68.2 Å². The van der Waals surface area contributed by atoms with Crippen molar-refractivity contribution < 1.29 is 14.3 Å². The molecule has 1 unspecified atom stereocenters. The quantitative estimate of drug-likeness (QED) is 0.562. The fourth-order valence-corrected chi connectivity index (χ4v) is 4.09. The van der Waals surface area contributed by atoms with Crippen LogP contribution in [0.2, 0.25) is 0 Å². The second kappa shape index (κ2) is 4.32. The highest BCUT2D eigenvalue weighted by Gasteiger charge is 2.64. The maximum absolute atomic E-state index is 12.4. The molecule has 3 nitrogen and oxygen atoms in total. The van der Waals surface area contributed by atoms with Gasteiger partial charge in [0.15, 0.2) is 0 Å². The van der Waals surface area contributed by atoms with Gasteiger partial charge in [-0.15, -0.1) is 0 Å². The van der Waals surface area contributed by atoms with Crippen LogP contribution >= 0.6 is 0 Å². The van der Waals surface area contributed by atoms with Crippen LogP contribution in [0.3, 0.4) is 0 Å². The first kappa shape index (κ1) is 16.2. The zero-order valence-electron chi connectivity index (χ0n) is 13.6. The largest absolute Gasteiger partial charge is 0.393 e. The van der Waals surface area contributed by atoms with Crippen LogP contribution in [0.4, 0.5) is 0 Å². The van der Waals surface area contributed by atoms with Crippen LogP contribution in [0.5, 0.6) is 0 Å². The molecule has 0 N–H and O–H groups in total. The minimum Gasteiger partial charge on any atom is -0.393 e. The number of carbonyl (C=O) groups excluding carboxylic acids is 2. The number of ether oxygens (including phenoxy) is 1. The second-order valence-electron chi connectivity index (χ2n) is 8.71. The molecule has 1 fully saturated rings. The third-order valence-corrected chi connectivity index (χ3v) is 4.37. The standard InChI is InChI=1S/C16H28O3/c1-13(2,3)10-15(7,8)16(14(4,5)6)9-11(17)19-12(16)18/h9-10H2,1-8H3. The van der Waals surface area contributed by atoms with Crippen molar-refractivity contribution >= 4 is 11.9 Å². The summed E-state index contributed by atoms with van der Waals surface area (Å²) in [6.07, 6.45) is 1.05. The summed E-state index contributed by atoms with van der Waals surface area (Å²) in [5.74, 6) is -0.735. The van der Waals surface area contributed by atoms with Crippen LogP contribution < -0.4 is 0 Å². The van der Waals surface area contributed by atoms with E-state index in [1.807, 2.05) is 20.8 Å². The summed E-state index contributed by atoms with van der Waals surface area (Å²) in [5.41, 5.74) is -1.27. The Morgan fingerprint density at radius 2 is 1.47 bits per heavy atom. The highest BCUT2D eigenvalue weighted by molar-refractivity contribution is 5.98.